The fourth-order valence-corrected chi connectivity index (χ4v) is 2.47. The maximum atomic E-state index is 12.1. The molecule has 3 aromatic rings. The van der Waals surface area contributed by atoms with E-state index in [1.807, 2.05) is 36.5 Å². The molecule has 0 saturated heterocycles. The molecule has 0 fully saturated rings. The van der Waals surface area contributed by atoms with Crippen LogP contribution in [-0.2, 0) is 17.8 Å². The van der Waals surface area contributed by atoms with Crippen molar-refractivity contribution in [3.8, 4) is 0 Å². The number of rotatable bonds is 4. The van der Waals surface area contributed by atoms with E-state index in [1.165, 1.54) is 5.56 Å². The van der Waals surface area contributed by atoms with Crippen LogP contribution in [0.25, 0.3) is 10.9 Å². The number of carbonyl (C=O) groups is 1. The second-order valence-corrected chi connectivity index (χ2v) is 5.30. The van der Waals surface area contributed by atoms with Crippen LogP contribution in [-0.4, -0.2) is 10.9 Å². The van der Waals surface area contributed by atoms with Crippen LogP contribution in [0.3, 0.4) is 0 Å². The molecule has 3 nitrogen and oxygen atoms in total. The fraction of sp³-hybridized carbons (Fsp3) is 0.167. The first kappa shape index (κ1) is 13.4. The molecule has 1 heterocycles. The second-order valence-electron chi connectivity index (χ2n) is 5.30. The molecule has 3 rings (SSSR count). The summed E-state index contributed by atoms with van der Waals surface area (Å²) in [4.78, 5) is 15.3. The van der Waals surface area contributed by atoms with Crippen LogP contribution < -0.4 is 5.32 Å². The van der Waals surface area contributed by atoms with E-state index >= 15 is 0 Å². The lowest BCUT2D eigenvalue weighted by Crippen LogP contribution is -2.24. The number of carbonyl (C=O) groups excluding carboxylic acids is 1. The van der Waals surface area contributed by atoms with Gasteiger partial charge in [-0.2, -0.15) is 0 Å². The Morgan fingerprint density at radius 2 is 1.95 bits per heavy atom. The van der Waals surface area contributed by atoms with Gasteiger partial charge in [0, 0.05) is 23.6 Å². The average molecular weight is 278 g/mol. The molecule has 106 valence electrons. The lowest BCUT2D eigenvalue weighted by Gasteiger charge is -2.05. The Bertz CT molecular complexity index is 759. The second kappa shape index (κ2) is 5.83. The Kier molecular flexibility index (Phi) is 3.73. The number of H-pyrrole nitrogens is 1. The molecular weight excluding hydrogens is 260 g/mol. The van der Waals surface area contributed by atoms with E-state index < -0.39 is 0 Å². The normalized spacial score (nSPS) is 10.7. The third-order valence-corrected chi connectivity index (χ3v) is 3.61. The summed E-state index contributed by atoms with van der Waals surface area (Å²) >= 11 is 0. The van der Waals surface area contributed by atoms with Crippen LogP contribution >= 0.6 is 0 Å². The summed E-state index contributed by atoms with van der Waals surface area (Å²) in [7, 11) is 0. The minimum absolute atomic E-state index is 0.0428. The number of aromatic amines is 1. The van der Waals surface area contributed by atoms with Crippen molar-refractivity contribution in [3.05, 3.63) is 71.4 Å². The van der Waals surface area contributed by atoms with Crippen LogP contribution in [0.1, 0.15) is 16.7 Å². The van der Waals surface area contributed by atoms with Gasteiger partial charge in [0.2, 0.25) is 5.91 Å². The highest BCUT2D eigenvalue weighted by Crippen LogP contribution is 2.20. The third kappa shape index (κ3) is 3.14. The summed E-state index contributed by atoms with van der Waals surface area (Å²) in [6.07, 6.45) is 2.32. The molecule has 2 N–H and O–H groups in total. The van der Waals surface area contributed by atoms with Gasteiger partial charge in [-0.05, 0) is 30.2 Å². The number of amides is 1. The van der Waals surface area contributed by atoms with Crippen LogP contribution in [0.15, 0.2) is 54.7 Å². The highest BCUT2D eigenvalue weighted by Gasteiger charge is 2.08. The molecule has 0 spiro atoms. The van der Waals surface area contributed by atoms with Gasteiger partial charge in [0.05, 0.1) is 6.42 Å². The van der Waals surface area contributed by atoms with E-state index in [0.717, 1.165) is 22.0 Å². The van der Waals surface area contributed by atoms with Crippen LogP contribution in [0.4, 0.5) is 0 Å². The number of hydrogen-bond acceptors (Lipinski definition) is 1. The smallest absolute Gasteiger partial charge is 0.224 e. The number of fused-ring (bicyclic) bond motifs is 1. The largest absolute Gasteiger partial charge is 0.361 e. The number of hydrogen-bond donors (Lipinski definition) is 2. The van der Waals surface area contributed by atoms with E-state index in [4.69, 9.17) is 0 Å². The van der Waals surface area contributed by atoms with Crippen LogP contribution in [0.5, 0.6) is 0 Å². The standard InChI is InChI=1S/C18H18N2O/c1-13-7-8-17-16(9-13)15(12-19-17)10-18(21)20-11-14-5-3-2-4-6-14/h2-9,12,19H,10-11H2,1H3,(H,20,21). The number of aromatic nitrogens is 1. The molecule has 0 unspecified atom stereocenters. The van der Waals surface area contributed by atoms with Crippen molar-refractivity contribution in [1.29, 1.82) is 0 Å². The molecule has 21 heavy (non-hydrogen) atoms. The highest BCUT2D eigenvalue weighted by molar-refractivity contribution is 5.89. The Hall–Kier alpha value is -2.55. The van der Waals surface area contributed by atoms with Gasteiger partial charge in [-0.15, -0.1) is 0 Å². The first-order valence-corrected chi connectivity index (χ1v) is 7.09. The zero-order valence-electron chi connectivity index (χ0n) is 12.0. The molecule has 0 saturated carbocycles. The van der Waals surface area contributed by atoms with Crippen molar-refractivity contribution < 1.29 is 4.79 Å². The summed E-state index contributed by atoms with van der Waals surface area (Å²) < 4.78 is 0. The fourth-order valence-electron chi connectivity index (χ4n) is 2.47. The minimum Gasteiger partial charge on any atom is -0.361 e. The molecule has 0 radical (unpaired) electrons. The summed E-state index contributed by atoms with van der Waals surface area (Å²) in [5.74, 6) is 0.0428. The maximum Gasteiger partial charge on any atom is 0.224 e. The van der Waals surface area contributed by atoms with Gasteiger partial charge in [-0.25, -0.2) is 0 Å². The zero-order valence-corrected chi connectivity index (χ0v) is 12.0. The van der Waals surface area contributed by atoms with Crippen molar-refractivity contribution in [2.75, 3.05) is 0 Å². The van der Waals surface area contributed by atoms with Gasteiger partial charge in [0.1, 0.15) is 0 Å². The molecule has 3 heteroatoms. The van der Waals surface area contributed by atoms with E-state index in [-0.39, 0.29) is 5.91 Å². The zero-order chi connectivity index (χ0) is 14.7. The molecule has 1 amide bonds. The maximum absolute atomic E-state index is 12.1. The highest BCUT2D eigenvalue weighted by atomic mass is 16.1. The van der Waals surface area contributed by atoms with Crippen molar-refractivity contribution >= 4 is 16.8 Å². The van der Waals surface area contributed by atoms with Crippen molar-refractivity contribution in [1.82, 2.24) is 10.3 Å². The summed E-state index contributed by atoms with van der Waals surface area (Å²) in [6, 6.07) is 16.2. The first-order chi connectivity index (χ1) is 10.2. The first-order valence-electron chi connectivity index (χ1n) is 7.09. The Morgan fingerprint density at radius 1 is 1.14 bits per heavy atom. The molecule has 0 bridgehead atoms. The van der Waals surface area contributed by atoms with Gasteiger partial charge >= 0.3 is 0 Å². The van der Waals surface area contributed by atoms with Gasteiger partial charge in [-0.1, -0.05) is 42.0 Å². The summed E-state index contributed by atoms with van der Waals surface area (Å²) in [5.41, 5.74) is 4.43. The lowest BCUT2D eigenvalue weighted by molar-refractivity contribution is -0.120. The summed E-state index contributed by atoms with van der Waals surface area (Å²) in [5, 5.41) is 4.09. The molecule has 0 aliphatic carbocycles. The predicted molar refractivity (Wildman–Crippen MR) is 85.0 cm³/mol. The van der Waals surface area contributed by atoms with Crippen LogP contribution in [0.2, 0.25) is 0 Å². The van der Waals surface area contributed by atoms with Gasteiger partial charge < -0.3 is 10.3 Å². The van der Waals surface area contributed by atoms with E-state index in [9.17, 15) is 4.79 Å². The van der Waals surface area contributed by atoms with E-state index in [2.05, 4.69) is 35.4 Å². The van der Waals surface area contributed by atoms with Gasteiger partial charge in [0.25, 0.3) is 0 Å². The molecule has 0 aliphatic rings. The molecule has 0 aliphatic heterocycles. The molecular formula is C18H18N2O. The Labute approximate surface area is 124 Å². The number of aryl methyl sites for hydroxylation is 1. The van der Waals surface area contributed by atoms with Gasteiger partial charge in [0.15, 0.2) is 0 Å². The Balaban J connectivity index is 1.67. The van der Waals surface area contributed by atoms with Crippen molar-refractivity contribution in [2.24, 2.45) is 0 Å². The van der Waals surface area contributed by atoms with E-state index in [0.29, 0.717) is 13.0 Å². The molecule has 2 aromatic carbocycles. The molecule has 1 aromatic heterocycles. The quantitative estimate of drug-likeness (QED) is 0.755. The number of nitrogens with one attached hydrogen (secondary N) is 2. The predicted octanol–water partition coefficient (Wildman–Crippen LogP) is 3.34. The summed E-state index contributed by atoms with van der Waals surface area (Å²) in [6.45, 7) is 2.63. The van der Waals surface area contributed by atoms with Crippen molar-refractivity contribution in [2.45, 2.75) is 19.9 Å². The number of benzene rings is 2. The monoisotopic (exact) mass is 278 g/mol. The average Bonchev–Trinajstić information content (AvgIpc) is 2.88. The SMILES string of the molecule is Cc1ccc2[nH]cc(CC(=O)NCc3ccccc3)c2c1. The third-order valence-electron chi connectivity index (χ3n) is 3.61. The van der Waals surface area contributed by atoms with Gasteiger partial charge in [-0.3, -0.25) is 4.79 Å². The van der Waals surface area contributed by atoms with Crippen molar-refractivity contribution in [3.63, 3.8) is 0 Å². The molecule has 0 atom stereocenters. The Morgan fingerprint density at radius 3 is 2.76 bits per heavy atom. The topological polar surface area (TPSA) is 44.9 Å². The lowest BCUT2D eigenvalue weighted by atomic mass is 10.1. The minimum atomic E-state index is 0.0428. The van der Waals surface area contributed by atoms with E-state index in [1.54, 1.807) is 0 Å². The van der Waals surface area contributed by atoms with Crippen LogP contribution in [0, 0.1) is 6.92 Å².